The van der Waals surface area contributed by atoms with Gasteiger partial charge in [-0.1, -0.05) is 0 Å². The Balaban J connectivity index is 2.62. The van der Waals surface area contributed by atoms with Gasteiger partial charge in [-0.2, -0.15) is 9.97 Å². The van der Waals surface area contributed by atoms with Gasteiger partial charge in [-0.15, -0.1) is 0 Å². The average Bonchev–Trinajstić information content (AvgIpc) is 2.38. The van der Waals surface area contributed by atoms with Gasteiger partial charge >= 0.3 is 0 Å². The smallest absolute Gasteiger partial charge is 0.236 e. The minimum absolute atomic E-state index is 0.154. The maximum absolute atomic E-state index is 11.6. The summed E-state index contributed by atoms with van der Waals surface area (Å²) in [7, 11) is 2.96. The molecule has 0 aliphatic rings. The number of amides is 1. The third kappa shape index (κ3) is 4.54. The molecule has 7 nitrogen and oxygen atoms in total. The Kier molecular flexibility index (Phi) is 5.86. The van der Waals surface area contributed by atoms with Gasteiger partial charge in [0.1, 0.15) is 0 Å². The average molecular weight is 254 g/mol. The maximum atomic E-state index is 11.6. The number of anilines is 1. The topological polar surface area (TPSA) is 99.4 Å². The molecule has 0 fully saturated rings. The Morgan fingerprint density at radius 1 is 1.28 bits per heavy atom. The van der Waals surface area contributed by atoms with Crippen molar-refractivity contribution in [2.24, 2.45) is 5.73 Å². The van der Waals surface area contributed by atoms with Crippen LogP contribution in [0, 0.1) is 0 Å². The van der Waals surface area contributed by atoms with Crippen LogP contribution < -0.4 is 20.5 Å². The summed E-state index contributed by atoms with van der Waals surface area (Å²) in [4.78, 5) is 19.6. The zero-order chi connectivity index (χ0) is 13.4. The molecule has 1 rings (SSSR count). The number of hydrogen-bond acceptors (Lipinski definition) is 6. The van der Waals surface area contributed by atoms with E-state index in [2.05, 4.69) is 15.3 Å². The highest BCUT2D eigenvalue weighted by Crippen LogP contribution is 2.17. The molecular formula is C11H18N4O3. The number of rotatable bonds is 7. The van der Waals surface area contributed by atoms with Crippen LogP contribution in [0.4, 0.5) is 5.95 Å². The summed E-state index contributed by atoms with van der Waals surface area (Å²) in [6, 6.07) is 1.53. The Hall–Kier alpha value is -1.89. The number of methoxy groups -OCH3 is 2. The summed E-state index contributed by atoms with van der Waals surface area (Å²) in [6.45, 7) is 0.580. The number of unbranched alkanes of at least 4 members (excludes halogenated alkanes) is 1. The number of carbonyl (C=O) groups excluding carboxylic acids is 1. The summed E-state index contributed by atoms with van der Waals surface area (Å²) in [5.74, 6) is 0.681. The molecule has 0 saturated carbocycles. The Morgan fingerprint density at radius 2 is 1.89 bits per heavy atom. The normalized spacial score (nSPS) is 9.94. The van der Waals surface area contributed by atoms with E-state index in [0.717, 1.165) is 12.8 Å². The highest BCUT2D eigenvalue weighted by atomic mass is 16.5. The molecule has 7 heteroatoms. The fourth-order valence-corrected chi connectivity index (χ4v) is 1.29. The lowest BCUT2D eigenvalue weighted by Gasteiger charge is -2.07. The van der Waals surface area contributed by atoms with E-state index in [4.69, 9.17) is 15.2 Å². The number of nitrogens with two attached hydrogens (primary N) is 1. The third-order valence-corrected chi connectivity index (χ3v) is 2.21. The number of nitrogens with one attached hydrogen (secondary N) is 1. The largest absolute Gasteiger partial charge is 0.481 e. The second kappa shape index (κ2) is 7.44. The Labute approximate surface area is 106 Å². The second-order valence-electron chi connectivity index (χ2n) is 3.57. The van der Waals surface area contributed by atoms with Crippen molar-refractivity contribution in [2.75, 3.05) is 26.1 Å². The van der Waals surface area contributed by atoms with Gasteiger partial charge in [0.2, 0.25) is 23.6 Å². The van der Waals surface area contributed by atoms with Crippen LogP contribution in [0.5, 0.6) is 11.8 Å². The predicted octanol–water partition coefficient (Wildman–Crippen LogP) is 0.561. The lowest BCUT2D eigenvalue weighted by atomic mass is 10.2. The van der Waals surface area contributed by atoms with Gasteiger partial charge in [-0.05, 0) is 19.4 Å². The van der Waals surface area contributed by atoms with Gasteiger partial charge in [0.15, 0.2) is 0 Å². The fourth-order valence-electron chi connectivity index (χ4n) is 1.29. The molecular weight excluding hydrogens is 236 g/mol. The molecule has 100 valence electrons. The zero-order valence-corrected chi connectivity index (χ0v) is 10.6. The van der Waals surface area contributed by atoms with Crippen LogP contribution in [0.15, 0.2) is 6.07 Å². The van der Waals surface area contributed by atoms with Gasteiger partial charge in [-0.25, -0.2) is 0 Å². The van der Waals surface area contributed by atoms with E-state index >= 15 is 0 Å². The minimum Gasteiger partial charge on any atom is -0.481 e. The monoisotopic (exact) mass is 254 g/mol. The van der Waals surface area contributed by atoms with Crippen LogP contribution in [0.25, 0.3) is 0 Å². The van der Waals surface area contributed by atoms with E-state index in [1.165, 1.54) is 20.3 Å². The van der Waals surface area contributed by atoms with Crippen LogP contribution in [-0.4, -0.2) is 36.6 Å². The van der Waals surface area contributed by atoms with Crippen LogP contribution in [0.1, 0.15) is 19.3 Å². The first-order valence-electron chi connectivity index (χ1n) is 5.66. The molecule has 0 aromatic carbocycles. The van der Waals surface area contributed by atoms with Crippen LogP contribution in [-0.2, 0) is 4.79 Å². The van der Waals surface area contributed by atoms with Crippen molar-refractivity contribution in [1.29, 1.82) is 0 Å². The fraction of sp³-hybridized carbons (Fsp3) is 0.545. The molecule has 1 amide bonds. The van der Waals surface area contributed by atoms with E-state index in [9.17, 15) is 4.79 Å². The molecule has 0 bridgehead atoms. The summed E-state index contributed by atoms with van der Waals surface area (Å²) in [5, 5.41) is 2.59. The van der Waals surface area contributed by atoms with Crippen LogP contribution >= 0.6 is 0 Å². The van der Waals surface area contributed by atoms with Crippen molar-refractivity contribution in [3.8, 4) is 11.8 Å². The molecule has 0 aliphatic carbocycles. The quantitative estimate of drug-likeness (QED) is 0.690. The number of ether oxygens (including phenoxy) is 2. The first kappa shape index (κ1) is 14.2. The summed E-state index contributed by atoms with van der Waals surface area (Å²) < 4.78 is 9.96. The summed E-state index contributed by atoms with van der Waals surface area (Å²) >= 11 is 0. The number of aromatic nitrogens is 2. The highest BCUT2D eigenvalue weighted by molar-refractivity contribution is 5.88. The predicted molar refractivity (Wildman–Crippen MR) is 66.7 cm³/mol. The molecule has 3 N–H and O–H groups in total. The first-order valence-corrected chi connectivity index (χ1v) is 5.66. The molecule has 0 spiro atoms. The van der Waals surface area contributed by atoms with Gasteiger partial charge in [-0.3, -0.25) is 10.1 Å². The summed E-state index contributed by atoms with van der Waals surface area (Å²) in [5.41, 5.74) is 5.35. The van der Waals surface area contributed by atoms with Crippen molar-refractivity contribution >= 4 is 11.9 Å². The minimum atomic E-state index is -0.154. The summed E-state index contributed by atoms with van der Waals surface area (Å²) in [6.07, 6.45) is 1.94. The molecule has 0 atom stereocenters. The van der Waals surface area contributed by atoms with Crippen LogP contribution in [0.2, 0.25) is 0 Å². The van der Waals surface area contributed by atoms with Crippen molar-refractivity contribution in [3.63, 3.8) is 0 Å². The molecule has 0 saturated heterocycles. The lowest BCUT2D eigenvalue weighted by Crippen LogP contribution is -2.14. The van der Waals surface area contributed by atoms with E-state index < -0.39 is 0 Å². The third-order valence-electron chi connectivity index (χ3n) is 2.21. The molecule has 0 radical (unpaired) electrons. The number of carbonyl (C=O) groups is 1. The Bertz CT molecular complexity index is 376. The van der Waals surface area contributed by atoms with Crippen molar-refractivity contribution < 1.29 is 14.3 Å². The van der Waals surface area contributed by atoms with E-state index in [1.54, 1.807) is 0 Å². The molecule has 1 heterocycles. The number of hydrogen-bond donors (Lipinski definition) is 2. The molecule has 0 aliphatic heterocycles. The van der Waals surface area contributed by atoms with E-state index in [0.29, 0.717) is 24.7 Å². The lowest BCUT2D eigenvalue weighted by molar-refractivity contribution is -0.116. The van der Waals surface area contributed by atoms with Crippen molar-refractivity contribution in [2.45, 2.75) is 19.3 Å². The molecule has 0 unspecified atom stereocenters. The van der Waals surface area contributed by atoms with Gasteiger partial charge in [0.05, 0.1) is 20.3 Å². The Morgan fingerprint density at radius 3 is 2.39 bits per heavy atom. The maximum Gasteiger partial charge on any atom is 0.236 e. The molecule has 18 heavy (non-hydrogen) atoms. The SMILES string of the molecule is COc1cc(OC)nc(NC(=O)CCCCN)n1. The molecule has 1 aromatic heterocycles. The van der Waals surface area contributed by atoms with Gasteiger partial charge in [0.25, 0.3) is 0 Å². The zero-order valence-electron chi connectivity index (χ0n) is 10.6. The van der Waals surface area contributed by atoms with Crippen LogP contribution in [0.3, 0.4) is 0 Å². The first-order chi connectivity index (χ1) is 8.69. The van der Waals surface area contributed by atoms with Gasteiger partial charge in [0, 0.05) is 6.42 Å². The van der Waals surface area contributed by atoms with E-state index in [1.807, 2.05) is 0 Å². The second-order valence-corrected chi connectivity index (χ2v) is 3.57. The van der Waals surface area contributed by atoms with Crippen molar-refractivity contribution in [1.82, 2.24) is 9.97 Å². The van der Waals surface area contributed by atoms with Gasteiger partial charge < -0.3 is 15.2 Å². The number of nitrogens with zero attached hydrogens (tertiary/aromatic N) is 2. The van der Waals surface area contributed by atoms with Crippen molar-refractivity contribution in [3.05, 3.63) is 6.07 Å². The molecule has 1 aromatic rings. The highest BCUT2D eigenvalue weighted by Gasteiger charge is 2.08. The standard InChI is InChI=1S/C11H18N4O3/c1-17-9-7-10(18-2)15-11(14-9)13-8(16)5-3-4-6-12/h7H,3-6,12H2,1-2H3,(H,13,14,15,16). The van der Waals surface area contributed by atoms with E-state index in [-0.39, 0.29) is 11.9 Å².